The summed E-state index contributed by atoms with van der Waals surface area (Å²) in [5, 5.41) is 0.630. The first-order chi connectivity index (χ1) is 14.6. The molecule has 0 saturated heterocycles. The average molecular weight is 436 g/mol. The summed E-state index contributed by atoms with van der Waals surface area (Å²) in [6, 6.07) is 22.3. The molecule has 0 N–H and O–H groups in total. The molecule has 0 radical (unpaired) electrons. The summed E-state index contributed by atoms with van der Waals surface area (Å²) in [7, 11) is 1.35. The van der Waals surface area contributed by atoms with Crippen LogP contribution in [0.4, 0.5) is 5.69 Å². The van der Waals surface area contributed by atoms with Crippen molar-refractivity contribution in [1.29, 1.82) is 0 Å². The highest BCUT2D eigenvalue weighted by Crippen LogP contribution is 2.42. The Labute approximate surface area is 184 Å². The molecule has 0 saturated carbocycles. The molecule has 0 atom stereocenters. The van der Waals surface area contributed by atoms with Gasteiger partial charge >= 0.3 is 5.97 Å². The molecule has 6 heteroatoms. The molecule has 1 amide bonds. The maximum atomic E-state index is 13.3. The normalized spacial score (nSPS) is 14.5. The number of esters is 1. The first kappa shape index (κ1) is 20.3. The first-order valence-electron chi connectivity index (χ1n) is 9.29. The van der Waals surface area contributed by atoms with Gasteiger partial charge in [0, 0.05) is 9.92 Å². The van der Waals surface area contributed by atoms with Gasteiger partial charge in [-0.15, -0.1) is 0 Å². The minimum Gasteiger partial charge on any atom is -0.465 e. The zero-order valence-electron chi connectivity index (χ0n) is 16.2. The molecule has 0 aliphatic carbocycles. The Morgan fingerprint density at radius 2 is 1.73 bits per heavy atom. The van der Waals surface area contributed by atoms with Crippen molar-refractivity contribution in [3.05, 3.63) is 99.4 Å². The molecule has 4 rings (SSSR count). The van der Waals surface area contributed by atoms with Gasteiger partial charge in [0.25, 0.3) is 5.91 Å². The molecular weight excluding hydrogens is 418 g/mol. The van der Waals surface area contributed by atoms with Crippen LogP contribution in [-0.4, -0.2) is 19.0 Å². The second-order valence-corrected chi connectivity index (χ2v) is 8.17. The molecule has 1 aliphatic rings. The molecule has 0 bridgehead atoms. The smallest absolute Gasteiger partial charge is 0.337 e. The van der Waals surface area contributed by atoms with E-state index in [-0.39, 0.29) is 5.91 Å². The molecule has 150 valence electrons. The van der Waals surface area contributed by atoms with Crippen molar-refractivity contribution in [3.63, 3.8) is 0 Å². The highest BCUT2D eigenvalue weighted by molar-refractivity contribution is 8.04. The molecule has 0 aromatic heterocycles. The van der Waals surface area contributed by atoms with Gasteiger partial charge in [-0.05, 0) is 47.5 Å². The number of carbonyl (C=O) groups excluding carboxylic acids is 2. The predicted molar refractivity (Wildman–Crippen MR) is 121 cm³/mol. The van der Waals surface area contributed by atoms with Crippen LogP contribution in [-0.2, 0) is 16.1 Å². The zero-order chi connectivity index (χ0) is 21.1. The van der Waals surface area contributed by atoms with E-state index in [1.807, 2.05) is 54.6 Å². The highest BCUT2D eigenvalue weighted by Gasteiger charge is 2.29. The maximum Gasteiger partial charge on any atom is 0.337 e. The van der Waals surface area contributed by atoms with Gasteiger partial charge < -0.3 is 9.64 Å². The number of amides is 1. The van der Waals surface area contributed by atoms with Crippen molar-refractivity contribution in [2.45, 2.75) is 11.4 Å². The van der Waals surface area contributed by atoms with Crippen molar-refractivity contribution < 1.29 is 14.3 Å². The molecule has 0 unspecified atom stereocenters. The molecule has 1 aliphatic heterocycles. The van der Waals surface area contributed by atoms with Crippen LogP contribution < -0.4 is 4.90 Å². The summed E-state index contributed by atoms with van der Waals surface area (Å²) in [6.45, 7) is 0.384. The summed E-state index contributed by atoms with van der Waals surface area (Å²) in [6.07, 6.45) is 1.84. The van der Waals surface area contributed by atoms with Gasteiger partial charge in [0.1, 0.15) is 0 Å². The number of thioether (sulfide) groups is 1. The standard InChI is InChI=1S/C24H18ClNO3S/c1-29-24(28)17-12-10-16(11-13-17)14-22-23(27)26(15-18-6-2-3-7-19(18)25)20-8-4-5-9-21(20)30-22/h2-14H,15H2,1H3. The van der Waals surface area contributed by atoms with E-state index in [9.17, 15) is 9.59 Å². The van der Waals surface area contributed by atoms with E-state index in [4.69, 9.17) is 16.3 Å². The third-order valence-electron chi connectivity index (χ3n) is 4.75. The lowest BCUT2D eigenvalue weighted by Crippen LogP contribution is -2.33. The van der Waals surface area contributed by atoms with Gasteiger partial charge in [-0.1, -0.05) is 65.8 Å². The quantitative estimate of drug-likeness (QED) is 0.383. The lowest BCUT2D eigenvalue weighted by molar-refractivity contribution is -0.114. The lowest BCUT2D eigenvalue weighted by atomic mass is 10.1. The third-order valence-corrected chi connectivity index (χ3v) is 6.19. The number of rotatable bonds is 4. The zero-order valence-corrected chi connectivity index (χ0v) is 17.7. The molecular formula is C24H18ClNO3S. The SMILES string of the molecule is COC(=O)c1ccc(C=C2Sc3ccccc3N(Cc3ccccc3Cl)C2=O)cc1. The van der Waals surface area contributed by atoms with Crippen LogP contribution in [0.1, 0.15) is 21.5 Å². The summed E-state index contributed by atoms with van der Waals surface area (Å²) in [5.74, 6) is -0.479. The van der Waals surface area contributed by atoms with Gasteiger partial charge in [0.2, 0.25) is 0 Å². The van der Waals surface area contributed by atoms with Crippen LogP contribution in [0.2, 0.25) is 5.02 Å². The minimum atomic E-state index is -0.392. The summed E-state index contributed by atoms with van der Waals surface area (Å²) in [5.41, 5.74) is 3.05. The van der Waals surface area contributed by atoms with Crippen LogP contribution in [0.25, 0.3) is 6.08 Å². The van der Waals surface area contributed by atoms with E-state index in [2.05, 4.69) is 0 Å². The fraction of sp³-hybridized carbons (Fsp3) is 0.0833. The summed E-state index contributed by atoms with van der Waals surface area (Å²) >= 11 is 7.78. The van der Waals surface area contributed by atoms with E-state index in [1.165, 1.54) is 18.9 Å². The van der Waals surface area contributed by atoms with Crippen molar-refractivity contribution in [1.82, 2.24) is 0 Å². The number of carbonyl (C=O) groups is 2. The number of para-hydroxylation sites is 1. The Morgan fingerprint density at radius 1 is 1.03 bits per heavy atom. The molecule has 0 spiro atoms. The average Bonchev–Trinajstić information content (AvgIpc) is 2.78. The van der Waals surface area contributed by atoms with Gasteiger partial charge in [-0.2, -0.15) is 0 Å². The topological polar surface area (TPSA) is 46.6 Å². The minimum absolute atomic E-state index is 0.0873. The summed E-state index contributed by atoms with van der Waals surface area (Å²) < 4.78 is 4.73. The molecule has 30 heavy (non-hydrogen) atoms. The van der Waals surface area contributed by atoms with E-state index in [0.717, 1.165) is 21.7 Å². The second kappa shape index (κ2) is 8.78. The molecule has 3 aromatic rings. The van der Waals surface area contributed by atoms with E-state index >= 15 is 0 Å². The van der Waals surface area contributed by atoms with E-state index in [1.54, 1.807) is 29.2 Å². The van der Waals surface area contributed by atoms with Crippen molar-refractivity contribution in [2.75, 3.05) is 12.0 Å². The van der Waals surface area contributed by atoms with Crippen LogP contribution in [0.5, 0.6) is 0 Å². The number of anilines is 1. The van der Waals surface area contributed by atoms with Gasteiger partial charge in [0.05, 0.1) is 29.8 Å². The van der Waals surface area contributed by atoms with Crippen LogP contribution >= 0.6 is 23.4 Å². The lowest BCUT2D eigenvalue weighted by Gasteiger charge is -2.30. The number of ether oxygens (including phenoxy) is 1. The fourth-order valence-corrected chi connectivity index (χ4v) is 4.46. The van der Waals surface area contributed by atoms with Crippen LogP contribution in [0, 0.1) is 0 Å². The number of nitrogens with zero attached hydrogens (tertiary/aromatic N) is 1. The largest absolute Gasteiger partial charge is 0.465 e. The van der Waals surface area contributed by atoms with E-state index in [0.29, 0.717) is 22.0 Å². The Bertz CT molecular complexity index is 1140. The predicted octanol–water partition coefficient (Wildman–Crippen LogP) is 5.81. The van der Waals surface area contributed by atoms with Gasteiger partial charge in [0.15, 0.2) is 0 Å². The van der Waals surface area contributed by atoms with Crippen LogP contribution in [0.15, 0.2) is 82.6 Å². The fourth-order valence-electron chi connectivity index (χ4n) is 3.20. The number of fused-ring (bicyclic) bond motifs is 1. The molecule has 4 nitrogen and oxygen atoms in total. The maximum absolute atomic E-state index is 13.3. The van der Waals surface area contributed by atoms with Crippen molar-refractivity contribution >= 4 is 47.0 Å². The third kappa shape index (κ3) is 4.13. The number of halogens is 1. The highest BCUT2D eigenvalue weighted by atomic mass is 35.5. The monoisotopic (exact) mass is 435 g/mol. The number of hydrogen-bond donors (Lipinski definition) is 0. The second-order valence-electron chi connectivity index (χ2n) is 6.67. The Balaban J connectivity index is 1.69. The Morgan fingerprint density at radius 3 is 2.47 bits per heavy atom. The molecule has 0 fully saturated rings. The molecule has 1 heterocycles. The molecule has 3 aromatic carbocycles. The Hall–Kier alpha value is -3.02. The number of hydrogen-bond acceptors (Lipinski definition) is 4. The van der Waals surface area contributed by atoms with E-state index < -0.39 is 5.97 Å². The first-order valence-corrected chi connectivity index (χ1v) is 10.5. The number of benzene rings is 3. The van der Waals surface area contributed by atoms with Crippen molar-refractivity contribution in [3.8, 4) is 0 Å². The van der Waals surface area contributed by atoms with Gasteiger partial charge in [-0.3, -0.25) is 4.79 Å². The Kier molecular flexibility index (Phi) is 5.93. The number of methoxy groups -OCH3 is 1. The van der Waals surface area contributed by atoms with Crippen LogP contribution in [0.3, 0.4) is 0 Å². The summed E-state index contributed by atoms with van der Waals surface area (Å²) in [4.78, 5) is 28.3. The van der Waals surface area contributed by atoms with Gasteiger partial charge in [-0.25, -0.2) is 4.79 Å². The van der Waals surface area contributed by atoms with Crippen molar-refractivity contribution in [2.24, 2.45) is 0 Å².